The Morgan fingerprint density at radius 2 is 2.25 bits per heavy atom. The minimum atomic E-state index is -0.513. The average Bonchev–Trinajstić information content (AvgIpc) is 2.59. The highest BCUT2D eigenvalue weighted by molar-refractivity contribution is 8.22. The SMILES string of the molecule is COC(=O)CSC1=C(C#N)C(=O)N[C@@H](c2ccc(O)c(OC)c2)S1. The van der Waals surface area contributed by atoms with E-state index in [1.54, 1.807) is 12.1 Å². The number of esters is 1. The van der Waals surface area contributed by atoms with Crippen molar-refractivity contribution in [2.45, 2.75) is 5.37 Å². The summed E-state index contributed by atoms with van der Waals surface area (Å²) in [7, 11) is 2.70. The normalized spacial score (nSPS) is 17.0. The number of nitrogens with zero attached hydrogens (tertiary/aromatic N) is 1. The van der Waals surface area contributed by atoms with Gasteiger partial charge in [0.25, 0.3) is 5.91 Å². The quantitative estimate of drug-likeness (QED) is 0.761. The summed E-state index contributed by atoms with van der Waals surface area (Å²) in [6.45, 7) is 0. The molecule has 2 N–H and O–H groups in total. The van der Waals surface area contributed by atoms with Gasteiger partial charge in [0.1, 0.15) is 17.0 Å². The molecule has 0 fully saturated rings. The molecule has 1 amide bonds. The van der Waals surface area contributed by atoms with Crippen molar-refractivity contribution in [3.05, 3.63) is 33.6 Å². The Bertz CT molecular complexity index is 742. The fourth-order valence-corrected chi connectivity index (χ4v) is 4.18. The zero-order chi connectivity index (χ0) is 17.7. The molecule has 0 aromatic heterocycles. The Morgan fingerprint density at radius 1 is 1.50 bits per heavy atom. The number of carbonyl (C=O) groups is 2. The molecule has 0 aliphatic carbocycles. The zero-order valence-corrected chi connectivity index (χ0v) is 14.5. The maximum absolute atomic E-state index is 12.1. The number of hydrogen-bond donors (Lipinski definition) is 2. The molecule has 0 unspecified atom stereocenters. The largest absolute Gasteiger partial charge is 0.504 e. The summed E-state index contributed by atoms with van der Waals surface area (Å²) in [6.07, 6.45) is 0. The maximum Gasteiger partial charge on any atom is 0.316 e. The number of benzene rings is 1. The highest BCUT2D eigenvalue weighted by Gasteiger charge is 2.30. The van der Waals surface area contributed by atoms with Crippen LogP contribution in [0.5, 0.6) is 11.5 Å². The fourth-order valence-electron chi connectivity index (χ4n) is 1.87. The van der Waals surface area contributed by atoms with Crippen LogP contribution in [-0.4, -0.2) is 37.0 Å². The summed E-state index contributed by atoms with van der Waals surface area (Å²) in [5.74, 6) is -0.689. The number of nitrogens with one attached hydrogen (secondary N) is 1. The standard InChI is InChI=1S/C15H14N2O5S2/c1-21-11-5-8(3-4-10(11)18)14-17-13(20)9(6-16)15(24-14)23-7-12(19)22-2/h3-5,14,18H,7H2,1-2H3,(H,17,20)/t14-/m1/s1. The van der Waals surface area contributed by atoms with Crippen LogP contribution < -0.4 is 10.1 Å². The molecular formula is C15H14N2O5S2. The van der Waals surface area contributed by atoms with Crippen LogP contribution in [0, 0.1) is 11.3 Å². The van der Waals surface area contributed by atoms with E-state index in [1.165, 1.54) is 32.0 Å². The van der Waals surface area contributed by atoms with Crippen LogP contribution in [0.3, 0.4) is 0 Å². The molecule has 0 saturated carbocycles. The highest BCUT2D eigenvalue weighted by Crippen LogP contribution is 2.44. The van der Waals surface area contributed by atoms with Crippen molar-refractivity contribution in [2.24, 2.45) is 0 Å². The Morgan fingerprint density at radius 3 is 2.88 bits per heavy atom. The van der Waals surface area contributed by atoms with Gasteiger partial charge >= 0.3 is 5.97 Å². The molecule has 0 radical (unpaired) electrons. The third-order valence-electron chi connectivity index (χ3n) is 3.09. The van der Waals surface area contributed by atoms with E-state index >= 15 is 0 Å². The van der Waals surface area contributed by atoms with Crippen LogP contribution in [0.15, 0.2) is 28.0 Å². The topological polar surface area (TPSA) is 109 Å². The molecule has 1 atom stereocenters. The lowest BCUT2D eigenvalue weighted by Crippen LogP contribution is -2.31. The molecule has 2 rings (SSSR count). The fraction of sp³-hybridized carbons (Fsp3) is 0.267. The second-order valence-electron chi connectivity index (χ2n) is 4.54. The van der Waals surface area contributed by atoms with Crippen molar-refractivity contribution >= 4 is 35.4 Å². The first-order valence-electron chi connectivity index (χ1n) is 6.68. The Hall–Kier alpha value is -2.31. The number of ether oxygens (including phenoxy) is 2. The molecule has 126 valence electrons. The lowest BCUT2D eigenvalue weighted by Gasteiger charge is -2.25. The molecule has 1 aromatic carbocycles. The van der Waals surface area contributed by atoms with E-state index in [0.717, 1.165) is 11.8 Å². The Kier molecular flexibility index (Phi) is 6.00. The van der Waals surface area contributed by atoms with Gasteiger partial charge in [-0.3, -0.25) is 9.59 Å². The van der Waals surface area contributed by atoms with Crippen LogP contribution in [0.4, 0.5) is 0 Å². The van der Waals surface area contributed by atoms with Crippen molar-refractivity contribution in [1.82, 2.24) is 5.32 Å². The zero-order valence-electron chi connectivity index (χ0n) is 12.9. The number of hydrogen-bond acceptors (Lipinski definition) is 8. The number of thioether (sulfide) groups is 2. The lowest BCUT2D eigenvalue weighted by molar-refractivity contribution is -0.137. The van der Waals surface area contributed by atoms with Gasteiger partial charge in [-0.25, -0.2) is 0 Å². The molecule has 7 nitrogen and oxygen atoms in total. The van der Waals surface area contributed by atoms with Crippen molar-refractivity contribution < 1.29 is 24.2 Å². The molecule has 1 aromatic rings. The summed E-state index contributed by atoms with van der Waals surface area (Å²) >= 11 is 2.32. The number of amides is 1. The smallest absolute Gasteiger partial charge is 0.316 e. The van der Waals surface area contributed by atoms with E-state index in [4.69, 9.17) is 10.00 Å². The predicted octanol–water partition coefficient (Wildman–Crippen LogP) is 1.90. The van der Waals surface area contributed by atoms with Gasteiger partial charge in [-0.2, -0.15) is 5.26 Å². The van der Waals surface area contributed by atoms with E-state index in [9.17, 15) is 14.7 Å². The van der Waals surface area contributed by atoms with Crippen molar-refractivity contribution in [3.8, 4) is 17.6 Å². The van der Waals surface area contributed by atoms with Gasteiger partial charge in [-0.05, 0) is 17.7 Å². The summed E-state index contributed by atoms with van der Waals surface area (Å²) < 4.78 is 10.1. The van der Waals surface area contributed by atoms with E-state index in [-0.39, 0.29) is 22.8 Å². The Balaban J connectivity index is 2.27. The minimum Gasteiger partial charge on any atom is -0.504 e. The van der Waals surface area contributed by atoms with E-state index in [2.05, 4.69) is 10.1 Å². The first-order valence-corrected chi connectivity index (χ1v) is 8.55. The van der Waals surface area contributed by atoms with Gasteiger partial charge < -0.3 is 19.9 Å². The summed E-state index contributed by atoms with van der Waals surface area (Å²) in [6, 6.07) is 6.58. The molecule has 24 heavy (non-hydrogen) atoms. The Labute approximate surface area is 147 Å². The molecule has 1 aliphatic heterocycles. The van der Waals surface area contributed by atoms with Crippen LogP contribution in [0.1, 0.15) is 10.9 Å². The highest BCUT2D eigenvalue weighted by atomic mass is 32.2. The molecule has 0 bridgehead atoms. The van der Waals surface area contributed by atoms with Crippen LogP contribution >= 0.6 is 23.5 Å². The number of rotatable bonds is 5. The molecule has 0 spiro atoms. The third kappa shape index (κ3) is 3.96. The first kappa shape index (κ1) is 18.0. The van der Waals surface area contributed by atoms with Crippen LogP contribution in [0.25, 0.3) is 0 Å². The van der Waals surface area contributed by atoms with E-state index < -0.39 is 17.3 Å². The number of phenolic OH excluding ortho intramolecular Hbond substituents is 1. The van der Waals surface area contributed by atoms with Gasteiger partial charge in [0, 0.05) is 0 Å². The first-order chi connectivity index (χ1) is 11.5. The van der Waals surface area contributed by atoms with Crippen molar-refractivity contribution in [1.29, 1.82) is 5.26 Å². The number of phenols is 1. The van der Waals surface area contributed by atoms with Crippen molar-refractivity contribution in [3.63, 3.8) is 0 Å². The van der Waals surface area contributed by atoms with Gasteiger partial charge in [0.05, 0.1) is 24.2 Å². The van der Waals surface area contributed by atoms with Crippen molar-refractivity contribution in [2.75, 3.05) is 20.0 Å². The molecular weight excluding hydrogens is 352 g/mol. The number of aromatic hydroxyl groups is 1. The maximum atomic E-state index is 12.1. The average molecular weight is 366 g/mol. The second-order valence-corrected chi connectivity index (χ2v) is 6.90. The monoisotopic (exact) mass is 366 g/mol. The molecule has 1 heterocycles. The van der Waals surface area contributed by atoms with Gasteiger partial charge in [-0.15, -0.1) is 11.8 Å². The predicted molar refractivity (Wildman–Crippen MR) is 90.2 cm³/mol. The summed E-state index contributed by atoms with van der Waals surface area (Å²) in [5.41, 5.74) is 0.659. The lowest BCUT2D eigenvalue weighted by atomic mass is 10.2. The van der Waals surface area contributed by atoms with Gasteiger partial charge in [0.15, 0.2) is 11.5 Å². The molecule has 1 aliphatic rings. The second kappa shape index (κ2) is 7.99. The van der Waals surface area contributed by atoms with Gasteiger partial charge in [-0.1, -0.05) is 17.8 Å². The van der Waals surface area contributed by atoms with Crippen LogP contribution in [-0.2, 0) is 14.3 Å². The van der Waals surface area contributed by atoms with Gasteiger partial charge in [0.2, 0.25) is 0 Å². The summed E-state index contributed by atoms with van der Waals surface area (Å²) in [4.78, 5) is 23.4. The van der Waals surface area contributed by atoms with E-state index in [0.29, 0.717) is 9.80 Å². The van der Waals surface area contributed by atoms with E-state index in [1.807, 2.05) is 6.07 Å². The third-order valence-corrected chi connectivity index (χ3v) is 5.62. The number of carbonyl (C=O) groups excluding carboxylic acids is 2. The number of nitriles is 1. The molecule has 0 saturated heterocycles. The minimum absolute atomic E-state index is 0.00289. The van der Waals surface area contributed by atoms with Crippen LogP contribution in [0.2, 0.25) is 0 Å². The number of methoxy groups -OCH3 is 2. The molecule has 9 heteroatoms. The summed E-state index contributed by atoms with van der Waals surface area (Å²) in [5, 5.41) is 21.1.